The van der Waals surface area contributed by atoms with Gasteiger partial charge in [-0.05, 0) is 245 Å². The van der Waals surface area contributed by atoms with E-state index >= 15 is 0 Å². The maximum absolute atomic E-state index is 13.7. The number of benzene rings is 10. The minimum atomic E-state index is -4.56. The highest BCUT2D eigenvalue weighted by molar-refractivity contribution is 7.91. The van der Waals surface area contributed by atoms with Gasteiger partial charge in [-0.1, -0.05) is 109 Å². The molecular weight excluding hydrogens is 1920 g/mol. The number of nitrogens with zero attached hydrogens (tertiary/aromatic N) is 3. The Kier molecular flexibility index (Phi) is 34.6. The molecule has 4 heterocycles. The first-order chi connectivity index (χ1) is 63.7. The summed E-state index contributed by atoms with van der Waals surface area (Å²) in [5.74, 6) is -2.41. The molecule has 0 bridgehead atoms. The van der Waals surface area contributed by atoms with Crippen LogP contribution >= 0.6 is 46.4 Å². The Balaban J connectivity index is 0.000000181. The zero-order valence-corrected chi connectivity index (χ0v) is 79.2. The molecule has 0 aliphatic heterocycles. The van der Waals surface area contributed by atoms with Gasteiger partial charge in [0.05, 0.1) is 99.8 Å². The summed E-state index contributed by atoms with van der Waals surface area (Å²) in [4.78, 5) is 51.2. The number of hydrogen-bond donors (Lipinski definition) is 6. The normalized spacial score (nSPS) is 12.5. The van der Waals surface area contributed by atoms with E-state index in [0.717, 1.165) is 68.4 Å². The number of sulfone groups is 2. The number of halogens is 16. The number of aliphatic hydroxyl groups is 2. The van der Waals surface area contributed by atoms with E-state index < -0.39 is 109 Å². The van der Waals surface area contributed by atoms with Crippen LogP contribution in [-0.4, -0.2) is 114 Å². The van der Waals surface area contributed by atoms with Crippen molar-refractivity contribution in [1.29, 1.82) is 0 Å². The number of alkyl halides is 12. The first-order valence-electron chi connectivity index (χ1n) is 42.0. The molecule has 0 saturated carbocycles. The summed E-state index contributed by atoms with van der Waals surface area (Å²) in [6.45, 7) is 14.2. The molecule has 14 aromatic rings. The van der Waals surface area contributed by atoms with Gasteiger partial charge in [0.15, 0.2) is 19.7 Å². The van der Waals surface area contributed by atoms with Crippen molar-refractivity contribution in [3.8, 4) is 0 Å². The van der Waals surface area contributed by atoms with E-state index in [1.165, 1.54) is 99.1 Å². The Morgan fingerprint density at radius 2 is 0.721 bits per heavy atom. The first-order valence-corrected chi connectivity index (χ1v) is 46.8. The number of aromatic carboxylic acids is 1. The van der Waals surface area contributed by atoms with Crippen LogP contribution in [-0.2, 0) is 79.5 Å². The van der Waals surface area contributed by atoms with Crippen LogP contribution in [0.2, 0.25) is 20.1 Å². The molecular formula is C99H94Cl4F12N6O13S2. The van der Waals surface area contributed by atoms with Crippen molar-refractivity contribution in [3.63, 3.8) is 0 Å². The molecule has 2 atom stereocenters. The van der Waals surface area contributed by atoms with Crippen LogP contribution in [0.1, 0.15) is 205 Å². The van der Waals surface area contributed by atoms with Crippen molar-refractivity contribution in [2.24, 2.45) is 5.73 Å². The highest BCUT2D eigenvalue weighted by Gasteiger charge is 2.38. The summed E-state index contributed by atoms with van der Waals surface area (Å²) >= 11 is 23.1. The molecule has 10 aromatic carbocycles. The zero-order valence-electron chi connectivity index (χ0n) is 74.5. The number of aromatic nitrogens is 4. The van der Waals surface area contributed by atoms with Crippen molar-refractivity contribution in [1.82, 2.24) is 24.0 Å². The molecule has 37 heteroatoms. The van der Waals surface area contributed by atoms with Gasteiger partial charge in [-0.2, -0.15) is 52.7 Å². The van der Waals surface area contributed by atoms with E-state index in [1.807, 2.05) is 61.3 Å². The third-order valence-corrected chi connectivity index (χ3v) is 26.5. The fourth-order valence-electron chi connectivity index (χ4n) is 15.6. The van der Waals surface area contributed by atoms with Crippen molar-refractivity contribution in [2.75, 3.05) is 38.9 Å². The van der Waals surface area contributed by atoms with E-state index in [2.05, 4.69) is 15.0 Å². The van der Waals surface area contributed by atoms with Crippen molar-refractivity contribution >= 4 is 134 Å². The van der Waals surface area contributed by atoms with Gasteiger partial charge >= 0.3 is 42.6 Å². The Morgan fingerprint density at radius 3 is 1.04 bits per heavy atom. The van der Waals surface area contributed by atoms with Gasteiger partial charge in [-0.15, -0.1) is 0 Å². The second-order valence-corrected chi connectivity index (χ2v) is 38.7. The zero-order chi connectivity index (χ0) is 100. The van der Waals surface area contributed by atoms with Crippen LogP contribution < -0.4 is 11.1 Å². The van der Waals surface area contributed by atoms with Crippen LogP contribution in [0, 0.1) is 0 Å². The van der Waals surface area contributed by atoms with Gasteiger partial charge < -0.3 is 54.5 Å². The number of carboxylic acid groups (broad SMARTS) is 1. The number of hydrogen-bond acceptors (Lipinski definition) is 13. The molecule has 1 amide bonds. The van der Waals surface area contributed by atoms with E-state index in [0.29, 0.717) is 55.0 Å². The van der Waals surface area contributed by atoms with Gasteiger partial charge in [-0.25, -0.2) is 31.2 Å². The SMILES string of the molecule is CC(C)n1c(Cc2ccc(Cl)cc2C(F)(F)F)cc2cc(C(=O)O)ccc21.CCS(=O)(=O)c1ccc([C@@H](N)CO)cc1.CCS(=O)(=O)c1ccc([C@H](CO)NC(=O)c2ccc3c(c2)cc(Cc2ccc(Cl)cc2C(F)(F)F)n3C(C)C)cc1.COC(=O)c1ccc2[nH]c(Cc3ccc(Cl)cc3C(F)(F)F)cc2c1.COC(=O)c1ccc2c(c1)cc(Cc1ccc(Cl)cc1C(F)(F)F)n2C(C)C. The lowest BCUT2D eigenvalue weighted by Gasteiger charge is -2.18. The van der Waals surface area contributed by atoms with Crippen LogP contribution in [0.15, 0.2) is 228 Å². The van der Waals surface area contributed by atoms with Crippen LogP contribution in [0.25, 0.3) is 43.6 Å². The fourth-order valence-corrected chi connectivity index (χ4v) is 18.0. The second-order valence-electron chi connectivity index (χ2n) is 32.4. The average Bonchev–Trinajstić information content (AvgIpc) is 1.63. The third-order valence-electron chi connectivity index (χ3n) is 22.1. The number of fused-ring (bicyclic) bond motifs is 4. The number of nitrogens with one attached hydrogen (secondary N) is 2. The molecule has 0 radical (unpaired) electrons. The lowest BCUT2D eigenvalue weighted by molar-refractivity contribution is -0.139. The first kappa shape index (κ1) is 106. The monoisotopic (exact) mass is 2010 g/mol. The molecule has 136 heavy (non-hydrogen) atoms. The van der Waals surface area contributed by atoms with Crippen LogP contribution in [0.4, 0.5) is 52.7 Å². The quantitative estimate of drug-likeness (QED) is 0.0242. The summed E-state index contributed by atoms with van der Waals surface area (Å²) in [5, 5.41) is 33.7. The Bertz CT molecular complexity index is 6950. The minimum Gasteiger partial charge on any atom is -0.478 e. The number of carboxylic acids is 1. The molecule has 0 spiro atoms. The summed E-state index contributed by atoms with van der Waals surface area (Å²) in [5.41, 5.74) is 11.3. The smallest absolute Gasteiger partial charge is 0.416 e. The Morgan fingerprint density at radius 1 is 0.404 bits per heavy atom. The highest BCUT2D eigenvalue weighted by Crippen LogP contribution is 2.42. The van der Waals surface area contributed by atoms with E-state index in [4.69, 9.17) is 62.0 Å². The number of rotatable bonds is 24. The summed E-state index contributed by atoms with van der Waals surface area (Å²) in [6.07, 6.45) is -17.8. The minimum absolute atomic E-state index is 0.00394. The average molecular weight is 2010 g/mol. The standard InChI is InChI=1S/C30H30ClF3N2O4S.C21H19ClF3NO2.C20H17ClF3NO2.C18H13ClF3NO2.C10H15NO3S/c1-4-41(39,40)25-10-6-19(7-11-25)27(17-37)35-29(38)21-8-12-28-22(13-21)15-24(36(28)18(2)3)14-20-5-9-23(31)16-26(20)30(32,33)34;1-12(2)26-17(9-13-4-6-16(22)11-18(13)21(23,24)25)10-15-8-14(20(27)28-3)5-7-19(15)26;1-11(2)25-16(9-14-7-13(19(26)27)4-6-18(14)25)8-12-3-5-15(21)10-17(12)20(22,23)24;1-25-17(24)11-3-5-16-12(6-11)8-14(23-16)7-10-2-4-13(19)9-15(10)18(20,21)22;1-2-15(13,14)9-5-3-8(4-6-9)10(11)7-12/h5-13,15-16,18,27,37H,4,14,17H2,1-3H3,(H,35,38);4-8,10-12H,9H2,1-3H3;3-7,9-11H,8H2,1-2H3,(H,26,27);2-6,8-9,23H,7H2,1H3;3-6,10,12H,2,7,11H2,1H3/t27-;;;;10-/m0...0/s1. The number of aromatic amines is 1. The molecule has 0 saturated heterocycles. The maximum atomic E-state index is 13.7. The number of amides is 1. The maximum Gasteiger partial charge on any atom is 0.416 e. The van der Waals surface area contributed by atoms with Crippen molar-refractivity contribution < 1.29 is 113 Å². The van der Waals surface area contributed by atoms with Crippen molar-refractivity contribution in [2.45, 2.75) is 146 Å². The van der Waals surface area contributed by atoms with E-state index in [9.17, 15) is 98.9 Å². The number of carbonyl (C=O) groups excluding carboxylic acids is 3. The topological polar surface area (TPSA) is 284 Å². The van der Waals surface area contributed by atoms with Gasteiger partial charge in [0.1, 0.15) is 0 Å². The van der Waals surface area contributed by atoms with Crippen LogP contribution in [0.3, 0.4) is 0 Å². The number of aliphatic hydroxyl groups excluding tert-OH is 2. The van der Waals surface area contributed by atoms with Gasteiger partial charge in [0.2, 0.25) is 0 Å². The van der Waals surface area contributed by atoms with Gasteiger partial charge in [0.25, 0.3) is 5.91 Å². The molecule has 722 valence electrons. The predicted molar refractivity (Wildman–Crippen MR) is 502 cm³/mol. The molecule has 0 fully saturated rings. The predicted octanol–water partition coefficient (Wildman–Crippen LogP) is 24.9. The molecule has 0 aliphatic rings. The third kappa shape index (κ3) is 26.2. The van der Waals surface area contributed by atoms with E-state index in [-0.39, 0.29) is 115 Å². The molecule has 7 N–H and O–H groups in total. The lowest BCUT2D eigenvalue weighted by atomic mass is 10.0. The molecule has 0 unspecified atom stereocenters. The molecule has 14 rings (SSSR count). The highest BCUT2D eigenvalue weighted by atomic mass is 35.5. The molecule has 4 aromatic heterocycles. The van der Waals surface area contributed by atoms with Crippen molar-refractivity contribution in [3.05, 3.63) is 339 Å². The summed E-state index contributed by atoms with van der Waals surface area (Å²) in [7, 11) is -3.95. The number of nitrogens with two attached hydrogens (primary N) is 1. The Labute approximate surface area is 795 Å². The number of H-pyrrole nitrogens is 1. The Hall–Kier alpha value is -11.7. The van der Waals surface area contributed by atoms with Gasteiger partial charge in [0, 0.05) is 136 Å². The summed E-state index contributed by atoms with van der Waals surface area (Å²) < 4.78 is 224. The van der Waals surface area contributed by atoms with Crippen LogP contribution in [0.5, 0.6) is 0 Å². The van der Waals surface area contributed by atoms with E-state index in [1.54, 1.807) is 117 Å². The fraction of sp³-hybridized carbons (Fsp3) is 0.273. The largest absolute Gasteiger partial charge is 0.478 e. The number of ether oxygens (including phenoxy) is 2. The number of esters is 2. The number of methoxy groups -OCH3 is 2. The lowest BCUT2D eigenvalue weighted by Crippen LogP contribution is -2.30. The number of carbonyl (C=O) groups is 4. The second kappa shape index (κ2) is 44.2. The van der Waals surface area contributed by atoms with Gasteiger partial charge in [-0.3, -0.25) is 4.79 Å². The summed E-state index contributed by atoms with van der Waals surface area (Å²) in [6, 6.07) is 52.9. The molecule has 0 aliphatic carbocycles. The molecule has 19 nitrogen and oxygen atoms in total.